The zero-order valence-electron chi connectivity index (χ0n) is 8.67. The second-order valence-electron chi connectivity index (χ2n) is 3.43. The smallest absolute Gasteiger partial charge is 0.0481 e. The molecule has 0 saturated carbocycles. The van der Waals surface area contributed by atoms with Gasteiger partial charge in [0.05, 0.1) is 0 Å². The molecule has 13 heavy (non-hydrogen) atoms. The highest BCUT2D eigenvalue weighted by molar-refractivity contribution is 5.14. The van der Waals surface area contributed by atoms with Gasteiger partial charge in [0, 0.05) is 25.0 Å². The summed E-state index contributed by atoms with van der Waals surface area (Å²) in [5, 5.41) is 3.36. The molecule has 0 aliphatic carbocycles. The minimum absolute atomic E-state index is 0.464. The number of H-pyrrole nitrogens is 1. The van der Waals surface area contributed by atoms with Crippen molar-refractivity contribution in [2.75, 3.05) is 27.2 Å². The third-order valence-electron chi connectivity index (χ3n) is 2.22. The van der Waals surface area contributed by atoms with Crippen molar-refractivity contribution in [3.05, 3.63) is 24.0 Å². The molecule has 1 rings (SSSR count). The first-order valence-electron chi connectivity index (χ1n) is 4.75. The molecule has 0 aliphatic heterocycles. The molecule has 74 valence electrons. The molecular formula is C10H19N3. The highest BCUT2D eigenvalue weighted by Crippen LogP contribution is 2.15. The summed E-state index contributed by atoms with van der Waals surface area (Å²) in [5.41, 5.74) is 1.34. The largest absolute Gasteiger partial charge is 0.367 e. The Morgan fingerprint density at radius 3 is 2.77 bits per heavy atom. The van der Waals surface area contributed by atoms with Crippen LogP contribution in [0.25, 0.3) is 0 Å². The van der Waals surface area contributed by atoms with Crippen molar-refractivity contribution in [1.82, 2.24) is 15.2 Å². The van der Waals surface area contributed by atoms with Gasteiger partial charge in [-0.1, -0.05) is 6.92 Å². The van der Waals surface area contributed by atoms with Crippen LogP contribution in [0.5, 0.6) is 0 Å². The van der Waals surface area contributed by atoms with E-state index >= 15 is 0 Å². The summed E-state index contributed by atoms with van der Waals surface area (Å²) in [6.45, 7) is 4.15. The van der Waals surface area contributed by atoms with Crippen LogP contribution >= 0.6 is 0 Å². The molecule has 1 unspecified atom stereocenters. The molecular weight excluding hydrogens is 162 g/mol. The highest BCUT2D eigenvalue weighted by Gasteiger charge is 2.12. The van der Waals surface area contributed by atoms with E-state index in [0.29, 0.717) is 6.04 Å². The van der Waals surface area contributed by atoms with Crippen LogP contribution in [0.3, 0.4) is 0 Å². The molecule has 1 aromatic rings. The Labute approximate surface area is 80.1 Å². The van der Waals surface area contributed by atoms with Gasteiger partial charge in [-0.2, -0.15) is 0 Å². The van der Waals surface area contributed by atoms with Gasteiger partial charge >= 0.3 is 0 Å². The van der Waals surface area contributed by atoms with Gasteiger partial charge in [0.1, 0.15) is 0 Å². The number of hydrogen-bond acceptors (Lipinski definition) is 2. The van der Waals surface area contributed by atoms with Crippen LogP contribution in [-0.2, 0) is 0 Å². The zero-order valence-corrected chi connectivity index (χ0v) is 8.67. The fourth-order valence-corrected chi connectivity index (χ4v) is 1.42. The van der Waals surface area contributed by atoms with Gasteiger partial charge in [-0.3, -0.25) is 0 Å². The predicted octanol–water partition coefficient (Wildman–Crippen LogP) is 1.23. The van der Waals surface area contributed by atoms with Crippen LogP contribution in [0, 0.1) is 0 Å². The summed E-state index contributed by atoms with van der Waals surface area (Å²) in [5.74, 6) is 0. The number of nitrogens with zero attached hydrogens (tertiary/aromatic N) is 1. The van der Waals surface area contributed by atoms with Crippen LogP contribution < -0.4 is 5.32 Å². The number of rotatable bonds is 5. The fourth-order valence-electron chi connectivity index (χ4n) is 1.42. The van der Waals surface area contributed by atoms with Gasteiger partial charge in [0.2, 0.25) is 0 Å². The second kappa shape index (κ2) is 5.04. The molecule has 0 bridgehead atoms. The maximum Gasteiger partial charge on any atom is 0.0481 e. The van der Waals surface area contributed by atoms with E-state index in [1.54, 1.807) is 0 Å². The third-order valence-corrected chi connectivity index (χ3v) is 2.22. The number of hydrogen-bond donors (Lipinski definition) is 2. The quantitative estimate of drug-likeness (QED) is 0.716. The maximum atomic E-state index is 3.36. The average Bonchev–Trinajstić information content (AvgIpc) is 2.57. The van der Waals surface area contributed by atoms with Crippen LogP contribution in [-0.4, -0.2) is 37.1 Å². The lowest BCUT2D eigenvalue weighted by atomic mass is 10.1. The van der Waals surface area contributed by atoms with E-state index in [-0.39, 0.29) is 0 Å². The Hall–Kier alpha value is -0.800. The van der Waals surface area contributed by atoms with Crippen LogP contribution in [0.2, 0.25) is 0 Å². The SMILES string of the molecule is CCNCC(c1cc[nH]c1)N(C)C. The molecule has 1 aromatic heterocycles. The summed E-state index contributed by atoms with van der Waals surface area (Å²) in [6, 6.07) is 2.59. The van der Waals surface area contributed by atoms with Crippen molar-refractivity contribution in [3.8, 4) is 0 Å². The molecule has 0 spiro atoms. The van der Waals surface area contributed by atoms with E-state index in [9.17, 15) is 0 Å². The molecule has 0 fully saturated rings. The van der Waals surface area contributed by atoms with E-state index in [4.69, 9.17) is 0 Å². The van der Waals surface area contributed by atoms with Gasteiger partial charge in [0.15, 0.2) is 0 Å². The van der Waals surface area contributed by atoms with Crippen LogP contribution in [0.15, 0.2) is 18.5 Å². The first kappa shape index (κ1) is 10.3. The Kier molecular flexibility index (Phi) is 3.99. The predicted molar refractivity (Wildman–Crippen MR) is 55.8 cm³/mol. The number of aromatic nitrogens is 1. The van der Waals surface area contributed by atoms with E-state index in [2.05, 4.69) is 48.5 Å². The van der Waals surface area contributed by atoms with Gasteiger partial charge in [-0.15, -0.1) is 0 Å². The van der Waals surface area contributed by atoms with Gasteiger partial charge < -0.3 is 15.2 Å². The highest BCUT2D eigenvalue weighted by atomic mass is 15.1. The van der Waals surface area contributed by atoms with E-state index in [0.717, 1.165) is 13.1 Å². The van der Waals surface area contributed by atoms with E-state index in [1.165, 1.54) is 5.56 Å². The lowest BCUT2D eigenvalue weighted by Crippen LogP contribution is -2.30. The minimum Gasteiger partial charge on any atom is -0.367 e. The first-order valence-corrected chi connectivity index (χ1v) is 4.75. The summed E-state index contributed by atoms with van der Waals surface area (Å²) >= 11 is 0. The maximum absolute atomic E-state index is 3.36. The van der Waals surface area contributed by atoms with Crippen LogP contribution in [0.4, 0.5) is 0 Å². The molecule has 0 aromatic carbocycles. The number of nitrogens with one attached hydrogen (secondary N) is 2. The molecule has 3 heteroatoms. The first-order chi connectivity index (χ1) is 6.25. The Balaban J connectivity index is 2.58. The second-order valence-corrected chi connectivity index (χ2v) is 3.43. The van der Waals surface area contributed by atoms with Crippen molar-refractivity contribution in [1.29, 1.82) is 0 Å². The van der Waals surface area contributed by atoms with E-state index in [1.807, 2.05) is 6.20 Å². The molecule has 0 amide bonds. The molecule has 3 nitrogen and oxygen atoms in total. The van der Waals surface area contributed by atoms with Crippen molar-refractivity contribution >= 4 is 0 Å². The number of aromatic amines is 1. The monoisotopic (exact) mass is 181 g/mol. The zero-order chi connectivity index (χ0) is 9.68. The summed E-state index contributed by atoms with van der Waals surface area (Å²) in [6.07, 6.45) is 4.03. The third kappa shape index (κ3) is 2.86. The van der Waals surface area contributed by atoms with E-state index < -0.39 is 0 Å². The van der Waals surface area contributed by atoms with Gasteiger partial charge in [-0.05, 0) is 32.3 Å². The lowest BCUT2D eigenvalue weighted by molar-refractivity contribution is 0.290. The molecule has 0 radical (unpaired) electrons. The van der Waals surface area contributed by atoms with Gasteiger partial charge in [0.25, 0.3) is 0 Å². The molecule has 0 aliphatic rings. The minimum atomic E-state index is 0.464. The average molecular weight is 181 g/mol. The Morgan fingerprint density at radius 1 is 1.54 bits per heavy atom. The van der Waals surface area contributed by atoms with Crippen molar-refractivity contribution in [3.63, 3.8) is 0 Å². The summed E-state index contributed by atoms with van der Waals surface area (Å²) in [4.78, 5) is 5.32. The fraction of sp³-hybridized carbons (Fsp3) is 0.600. The van der Waals surface area contributed by atoms with Crippen molar-refractivity contribution in [2.45, 2.75) is 13.0 Å². The number of likely N-dealkylation sites (N-methyl/N-ethyl adjacent to an activating group) is 2. The molecule has 1 heterocycles. The standard InChI is InChI=1S/C10H19N3/c1-4-11-8-10(13(2)3)9-5-6-12-7-9/h5-7,10-12H,4,8H2,1-3H3. The van der Waals surface area contributed by atoms with Crippen molar-refractivity contribution < 1.29 is 0 Å². The lowest BCUT2D eigenvalue weighted by Gasteiger charge is -2.23. The topological polar surface area (TPSA) is 31.1 Å². The van der Waals surface area contributed by atoms with Crippen molar-refractivity contribution in [2.24, 2.45) is 0 Å². The normalized spacial score (nSPS) is 13.5. The Bertz CT molecular complexity index is 216. The van der Waals surface area contributed by atoms with Gasteiger partial charge in [-0.25, -0.2) is 0 Å². The summed E-state index contributed by atoms with van der Waals surface area (Å²) in [7, 11) is 4.21. The van der Waals surface area contributed by atoms with Crippen LogP contribution in [0.1, 0.15) is 18.5 Å². The molecule has 0 saturated heterocycles. The molecule has 2 N–H and O–H groups in total. The Morgan fingerprint density at radius 2 is 2.31 bits per heavy atom. The molecule has 1 atom stereocenters. The summed E-state index contributed by atoms with van der Waals surface area (Å²) < 4.78 is 0.